The lowest BCUT2D eigenvalue weighted by molar-refractivity contribution is 0.0925. The maximum atomic E-state index is 3.87. The van der Waals surface area contributed by atoms with Gasteiger partial charge in [0, 0.05) is 25.7 Å². The number of piperidine rings is 1. The monoisotopic (exact) mass is 278 g/mol. The zero-order valence-corrected chi connectivity index (χ0v) is 13.5. The number of hydrogen-bond acceptors (Lipinski definition) is 2. The van der Waals surface area contributed by atoms with Gasteiger partial charge in [0.25, 0.3) is 0 Å². The van der Waals surface area contributed by atoms with E-state index in [4.69, 9.17) is 0 Å². The normalized spacial score (nSPS) is 31.9. The van der Waals surface area contributed by atoms with Crippen LogP contribution in [-0.4, -0.2) is 37.1 Å². The minimum absolute atomic E-state index is 0.593. The fourth-order valence-corrected chi connectivity index (χ4v) is 4.42. The maximum absolute atomic E-state index is 3.87. The molecule has 20 heavy (non-hydrogen) atoms. The largest absolute Gasteiger partial charge is 0.313 e. The van der Waals surface area contributed by atoms with Crippen LogP contribution in [0.25, 0.3) is 0 Å². The molecule has 0 aromatic rings. The molecule has 1 aliphatic heterocycles. The van der Waals surface area contributed by atoms with E-state index in [-0.39, 0.29) is 0 Å². The van der Waals surface area contributed by atoms with E-state index in [1.807, 2.05) is 0 Å². The molecule has 0 bridgehead atoms. The highest BCUT2D eigenvalue weighted by Crippen LogP contribution is 2.37. The molecule has 0 radical (unpaired) electrons. The van der Waals surface area contributed by atoms with Gasteiger partial charge in [-0.15, -0.1) is 0 Å². The Morgan fingerprint density at radius 2 is 1.75 bits per heavy atom. The van der Waals surface area contributed by atoms with Crippen molar-refractivity contribution in [1.29, 1.82) is 0 Å². The van der Waals surface area contributed by atoms with Crippen molar-refractivity contribution in [2.24, 2.45) is 11.3 Å². The Morgan fingerprint density at radius 3 is 2.40 bits per heavy atom. The van der Waals surface area contributed by atoms with Gasteiger partial charge in [-0.25, -0.2) is 0 Å². The minimum Gasteiger partial charge on any atom is -0.313 e. The molecule has 1 heterocycles. The van der Waals surface area contributed by atoms with Gasteiger partial charge in [-0.2, -0.15) is 0 Å². The Labute approximate surface area is 125 Å². The number of nitrogens with one attached hydrogen (secondary N) is 1. The van der Waals surface area contributed by atoms with Gasteiger partial charge in [0.2, 0.25) is 0 Å². The molecule has 116 valence electrons. The Bertz CT molecular complexity index is 290. The topological polar surface area (TPSA) is 15.3 Å². The van der Waals surface area contributed by atoms with Crippen LogP contribution in [0.4, 0.5) is 0 Å². The second-order valence-electron chi connectivity index (χ2n) is 8.05. The summed E-state index contributed by atoms with van der Waals surface area (Å²) in [5, 5.41) is 3.87. The molecule has 1 atom stereocenters. The summed E-state index contributed by atoms with van der Waals surface area (Å²) in [6, 6.07) is 0.871. The van der Waals surface area contributed by atoms with E-state index in [1.54, 1.807) is 0 Å². The van der Waals surface area contributed by atoms with Crippen LogP contribution in [0.2, 0.25) is 0 Å². The first-order valence-electron chi connectivity index (χ1n) is 9.22. The molecule has 3 fully saturated rings. The van der Waals surface area contributed by atoms with Crippen LogP contribution >= 0.6 is 0 Å². The quantitative estimate of drug-likeness (QED) is 0.769. The lowest BCUT2D eigenvalue weighted by atomic mass is 9.79. The van der Waals surface area contributed by atoms with Gasteiger partial charge in [0.1, 0.15) is 0 Å². The third kappa shape index (κ3) is 4.21. The van der Waals surface area contributed by atoms with Crippen LogP contribution in [0, 0.1) is 11.3 Å². The molecule has 2 heteroatoms. The second-order valence-corrected chi connectivity index (χ2v) is 8.05. The van der Waals surface area contributed by atoms with Crippen LogP contribution in [-0.2, 0) is 0 Å². The summed E-state index contributed by atoms with van der Waals surface area (Å²) in [4.78, 5) is 2.80. The second kappa shape index (κ2) is 6.79. The standard InChI is InChI=1S/C18H34N2/c1-16-7-6-12-20(13-16)15-18(14-19-17-8-9-17)10-4-2-3-5-11-18/h16-17,19H,2-15H2,1H3. The van der Waals surface area contributed by atoms with Crippen LogP contribution in [0.3, 0.4) is 0 Å². The molecular weight excluding hydrogens is 244 g/mol. The fourth-order valence-electron chi connectivity index (χ4n) is 4.42. The summed E-state index contributed by atoms with van der Waals surface area (Å²) < 4.78 is 0. The van der Waals surface area contributed by atoms with Gasteiger partial charge in [-0.1, -0.05) is 32.6 Å². The SMILES string of the molecule is CC1CCCN(CC2(CNC3CC3)CCCCCC2)C1. The molecule has 2 saturated carbocycles. The third-order valence-electron chi connectivity index (χ3n) is 5.81. The lowest BCUT2D eigenvalue weighted by Gasteiger charge is -2.41. The van der Waals surface area contributed by atoms with E-state index in [2.05, 4.69) is 17.1 Å². The average molecular weight is 278 g/mol. The highest BCUT2D eigenvalue weighted by atomic mass is 15.1. The van der Waals surface area contributed by atoms with Gasteiger partial charge in [0.15, 0.2) is 0 Å². The molecule has 0 aromatic carbocycles. The zero-order chi connectivity index (χ0) is 13.8. The van der Waals surface area contributed by atoms with Crippen LogP contribution in [0.15, 0.2) is 0 Å². The maximum Gasteiger partial charge on any atom is 0.00684 e. The van der Waals surface area contributed by atoms with Crippen LogP contribution in [0.1, 0.15) is 71.1 Å². The predicted molar refractivity (Wildman–Crippen MR) is 86.0 cm³/mol. The van der Waals surface area contributed by atoms with Crippen molar-refractivity contribution in [3.8, 4) is 0 Å². The van der Waals surface area contributed by atoms with Gasteiger partial charge in [0.05, 0.1) is 0 Å². The van der Waals surface area contributed by atoms with Gasteiger partial charge < -0.3 is 10.2 Å². The van der Waals surface area contributed by atoms with E-state index < -0.39 is 0 Å². The highest BCUT2D eigenvalue weighted by Gasteiger charge is 2.35. The summed E-state index contributed by atoms with van der Waals surface area (Å²) in [6.07, 6.45) is 14.6. The fraction of sp³-hybridized carbons (Fsp3) is 1.00. The number of hydrogen-bond donors (Lipinski definition) is 1. The van der Waals surface area contributed by atoms with E-state index >= 15 is 0 Å². The van der Waals surface area contributed by atoms with Crippen molar-refractivity contribution >= 4 is 0 Å². The summed E-state index contributed by atoms with van der Waals surface area (Å²) in [6.45, 7) is 7.81. The molecular formula is C18H34N2. The van der Waals surface area contributed by atoms with Gasteiger partial charge >= 0.3 is 0 Å². The van der Waals surface area contributed by atoms with Gasteiger partial charge in [-0.3, -0.25) is 0 Å². The molecule has 0 amide bonds. The zero-order valence-electron chi connectivity index (χ0n) is 13.5. The first-order valence-corrected chi connectivity index (χ1v) is 9.22. The van der Waals surface area contributed by atoms with E-state index in [0.717, 1.165) is 12.0 Å². The first-order chi connectivity index (χ1) is 9.76. The number of likely N-dealkylation sites (tertiary alicyclic amines) is 1. The molecule has 2 nitrogen and oxygen atoms in total. The molecule has 2 aliphatic carbocycles. The number of rotatable bonds is 5. The smallest absolute Gasteiger partial charge is 0.00684 e. The Morgan fingerprint density at radius 1 is 1.00 bits per heavy atom. The van der Waals surface area contributed by atoms with Crippen molar-refractivity contribution in [3.05, 3.63) is 0 Å². The Balaban J connectivity index is 1.59. The molecule has 0 aromatic heterocycles. The molecule has 3 aliphatic rings. The van der Waals surface area contributed by atoms with E-state index in [1.165, 1.54) is 90.4 Å². The van der Waals surface area contributed by atoms with Crippen molar-refractivity contribution < 1.29 is 0 Å². The van der Waals surface area contributed by atoms with Crippen LogP contribution in [0.5, 0.6) is 0 Å². The molecule has 0 spiro atoms. The summed E-state index contributed by atoms with van der Waals surface area (Å²) in [7, 11) is 0. The lowest BCUT2D eigenvalue weighted by Crippen LogP contribution is -2.47. The molecule has 1 N–H and O–H groups in total. The molecule has 3 rings (SSSR count). The van der Waals surface area contributed by atoms with Crippen LogP contribution < -0.4 is 5.32 Å². The van der Waals surface area contributed by atoms with E-state index in [0.29, 0.717) is 5.41 Å². The van der Waals surface area contributed by atoms with Crippen molar-refractivity contribution in [2.75, 3.05) is 26.2 Å². The molecule has 1 unspecified atom stereocenters. The first kappa shape index (κ1) is 14.8. The minimum atomic E-state index is 0.593. The predicted octanol–water partition coefficient (Wildman–Crippen LogP) is 3.81. The number of nitrogens with zero attached hydrogens (tertiary/aromatic N) is 1. The third-order valence-corrected chi connectivity index (χ3v) is 5.81. The highest BCUT2D eigenvalue weighted by molar-refractivity contribution is 4.91. The van der Waals surface area contributed by atoms with Crippen molar-refractivity contribution in [2.45, 2.75) is 77.2 Å². The molecule has 1 saturated heterocycles. The summed E-state index contributed by atoms with van der Waals surface area (Å²) >= 11 is 0. The Hall–Kier alpha value is -0.0800. The summed E-state index contributed by atoms with van der Waals surface area (Å²) in [5.74, 6) is 0.919. The Kier molecular flexibility index (Phi) is 5.04. The van der Waals surface area contributed by atoms with Crippen molar-refractivity contribution in [1.82, 2.24) is 10.2 Å². The average Bonchev–Trinajstić information content (AvgIpc) is 3.24. The van der Waals surface area contributed by atoms with E-state index in [9.17, 15) is 0 Å². The van der Waals surface area contributed by atoms with Crippen molar-refractivity contribution in [3.63, 3.8) is 0 Å². The van der Waals surface area contributed by atoms with Gasteiger partial charge in [-0.05, 0) is 56.4 Å². The summed E-state index contributed by atoms with van der Waals surface area (Å²) in [5.41, 5.74) is 0.593.